The molecule has 0 aromatic heterocycles. The van der Waals surface area contributed by atoms with Crippen LogP contribution in [0.2, 0.25) is 0 Å². The minimum atomic E-state index is -0.451. The van der Waals surface area contributed by atoms with E-state index in [0.717, 1.165) is 18.8 Å². The van der Waals surface area contributed by atoms with Crippen LogP contribution in [-0.4, -0.2) is 48.5 Å². The molecule has 1 N–H and O–H groups in total. The van der Waals surface area contributed by atoms with E-state index in [1.54, 1.807) is 0 Å². The number of para-hydroxylation sites is 1. The summed E-state index contributed by atoms with van der Waals surface area (Å²) in [4.78, 5) is 2.21. The van der Waals surface area contributed by atoms with Gasteiger partial charge in [0, 0.05) is 25.2 Å². The summed E-state index contributed by atoms with van der Waals surface area (Å²) in [5.74, 6) is 0.956. The molecular formula is C15H23NO3. The predicted octanol–water partition coefficient (Wildman–Crippen LogP) is 1.67. The average Bonchev–Trinajstić information content (AvgIpc) is 2.58. The van der Waals surface area contributed by atoms with Crippen LogP contribution >= 0.6 is 0 Å². The zero-order valence-electron chi connectivity index (χ0n) is 11.7. The van der Waals surface area contributed by atoms with E-state index in [4.69, 9.17) is 9.47 Å². The van der Waals surface area contributed by atoms with Gasteiger partial charge in [-0.25, -0.2) is 0 Å². The Morgan fingerprint density at radius 2 is 2.16 bits per heavy atom. The summed E-state index contributed by atoms with van der Waals surface area (Å²) in [5, 5.41) is 9.98. The molecule has 106 valence electrons. The highest BCUT2D eigenvalue weighted by Crippen LogP contribution is 2.22. The molecule has 1 aliphatic heterocycles. The Balaban J connectivity index is 1.88. The Hall–Kier alpha value is -1.10. The normalized spacial score (nSPS) is 17.7. The molecule has 0 saturated heterocycles. The molecule has 4 nitrogen and oxygen atoms in total. The third kappa shape index (κ3) is 4.49. The van der Waals surface area contributed by atoms with Gasteiger partial charge < -0.3 is 14.6 Å². The summed E-state index contributed by atoms with van der Waals surface area (Å²) in [6.07, 6.45) is -0.296. The van der Waals surface area contributed by atoms with Crippen molar-refractivity contribution < 1.29 is 14.6 Å². The summed E-state index contributed by atoms with van der Waals surface area (Å²) < 4.78 is 11.1. The van der Waals surface area contributed by atoms with E-state index in [1.807, 2.05) is 32.0 Å². The molecule has 1 unspecified atom stereocenters. The molecule has 1 heterocycles. The number of nitrogens with zero attached hydrogens (tertiary/aromatic N) is 1. The molecule has 0 bridgehead atoms. The number of hydrogen-bond donors (Lipinski definition) is 1. The molecule has 0 saturated carbocycles. The summed E-state index contributed by atoms with van der Waals surface area (Å²) in [6, 6.07) is 8.08. The first-order valence-electron chi connectivity index (χ1n) is 6.88. The summed E-state index contributed by atoms with van der Waals surface area (Å²) in [5.41, 5.74) is 1.18. The van der Waals surface area contributed by atoms with Gasteiger partial charge in [-0.1, -0.05) is 18.2 Å². The van der Waals surface area contributed by atoms with Gasteiger partial charge in [-0.05, 0) is 19.9 Å². The number of aliphatic hydroxyl groups is 1. The SMILES string of the molecule is CC(C)OCC(O)CN1CCOc2ccccc2C1. The van der Waals surface area contributed by atoms with Gasteiger partial charge in [-0.3, -0.25) is 4.90 Å². The number of β-amino-alcohol motifs (C(OH)–C–C–N with tert-alkyl or cyclic N) is 1. The van der Waals surface area contributed by atoms with E-state index in [-0.39, 0.29) is 6.10 Å². The van der Waals surface area contributed by atoms with Crippen molar-refractivity contribution in [2.45, 2.75) is 32.6 Å². The number of benzene rings is 1. The molecule has 0 fully saturated rings. The lowest BCUT2D eigenvalue weighted by molar-refractivity contribution is -0.00986. The van der Waals surface area contributed by atoms with Gasteiger partial charge in [0.05, 0.1) is 18.8 Å². The molecule has 1 aromatic carbocycles. The maximum absolute atomic E-state index is 9.98. The van der Waals surface area contributed by atoms with Crippen LogP contribution < -0.4 is 4.74 Å². The lowest BCUT2D eigenvalue weighted by atomic mass is 10.2. The smallest absolute Gasteiger partial charge is 0.123 e. The second-order valence-electron chi connectivity index (χ2n) is 5.23. The van der Waals surface area contributed by atoms with Crippen LogP contribution in [0.3, 0.4) is 0 Å². The second kappa shape index (κ2) is 6.89. The van der Waals surface area contributed by atoms with Gasteiger partial charge in [0.15, 0.2) is 0 Å². The van der Waals surface area contributed by atoms with Gasteiger partial charge >= 0.3 is 0 Å². The van der Waals surface area contributed by atoms with Crippen LogP contribution in [0.25, 0.3) is 0 Å². The van der Waals surface area contributed by atoms with Crippen molar-refractivity contribution in [2.24, 2.45) is 0 Å². The zero-order chi connectivity index (χ0) is 13.7. The monoisotopic (exact) mass is 265 g/mol. The lowest BCUT2D eigenvalue weighted by Crippen LogP contribution is -2.36. The Bertz CT molecular complexity index is 395. The first-order valence-corrected chi connectivity index (χ1v) is 6.88. The summed E-state index contributed by atoms with van der Waals surface area (Å²) in [6.45, 7) is 7.25. The molecule has 2 rings (SSSR count). The van der Waals surface area contributed by atoms with Gasteiger partial charge in [0.2, 0.25) is 0 Å². The van der Waals surface area contributed by atoms with E-state index in [1.165, 1.54) is 5.56 Å². The first-order chi connectivity index (χ1) is 9.15. The van der Waals surface area contributed by atoms with Crippen LogP contribution in [-0.2, 0) is 11.3 Å². The van der Waals surface area contributed by atoms with E-state index < -0.39 is 6.10 Å². The fourth-order valence-electron chi connectivity index (χ4n) is 2.19. The Kier molecular flexibility index (Phi) is 5.19. The molecule has 1 aromatic rings. The van der Waals surface area contributed by atoms with Crippen LogP contribution in [0.5, 0.6) is 5.75 Å². The number of fused-ring (bicyclic) bond motifs is 1. The van der Waals surface area contributed by atoms with Crippen LogP contribution in [0.4, 0.5) is 0 Å². The van der Waals surface area contributed by atoms with Gasteiger partial charge in [0.25, 0.3) is 0 Å². The largest absolute Gasteiger partial charge is 0.492 e. The van der Waals surface area contributed by atoms with E-state index in [0.29, 0.717) is 19.8 Å². The van der Waals surface area contributed by atoms with Crippen LogP contribution in [0.1, 0.15) is 19.4 Å². The third-order valence-corrected chi connectivity index (χ3v) is 3.12. The molecule has 4 heteroatoms. The minimum Gasteiger partial charge on any atom is -0.492 e. The Morgan fingerprint density at radius 3 is 2.95 bits per heavy atom. The fourth-order valence-corrected chi connectivity index (χ4v) is 2.19. The first kappa shape index (κ1) is 14.3. The predicted molar refractivity (Wildman–Crippen MR) is 74.3 cm³/mol. The second-order valence-corrected chi connectivity index (χ2v) is 5.23. The zero-order valence-corrected chi connectivity index (χ0v) is 11.7. The van der Waals surface area contributed by atoms with Crippen molar-refractivity contribution in [1.29, 1.82) is 0 Å². The summed E-state index contributed by atoms with van der Waals surface area (Å²) >= 11 is 0. The molecule has 1 aliphatic rings. The Labute approximate surface area is 114 Å². The molecular weight excluding hydrogens is 242 g/mol. The highest BCUT2D eigenvalue weighted by atomic mass is 16.5. The van der Waals surface area contributed by atoms with Gasteiger partial charge in [-0.2, -0.15) is 0 Å². The number of aliphatic hydroxyl groups excluding tert-OH is 1. The molecule has 0 radical (unpaired) electrons. The maximum Gasteiger partial charge on any atom is 0.123 e. The van der Waals surface area contributed by atoms with Gasteiger partial charge in [0.1, 0.15) is 12.4 Å². The quantitative estimate of drug-likeness (QED) is 0.879. The van der Waals surface area contributed by atoms with E-state index in [2.05, 4.69) is 11.0 Å². The highest BCUT2D eigenvalue weighted by molar-refractivity contribution is 5.33. The third-order valence-electron chi connectivity index (χ3n) is 3.12. The maximum atomic E-state index is 9.98. The van der Waals surface area contributed by atoms with Crippen molar-refractivity contribution in [2.75, 3.05) is 26.3 Å². The van der Waals surface area contributed by atoms with Crippen molar-refractivity contribution >= 4 is 0 Å². The van der Waals surface area contributed by atoms with Crippen molar-refractivity contribution in [3.63, 3.8) is 0 Å². The van der Waals surface area contributed by atoms with Crippen LogP contribution in [0.15, 0.2) is 24.3 Å². The summed E-state index contributed by atoms with van der Waals surface area (Å²) in [7, 11) is 0. The molecule has 0 spiro atoms. The van der Waals surface area contributed by atoms with Crippen LogP contribution in [0, 0.1) is 0 Å². The van der Waals surface area contributed by atoms with E-state index >= 15 is 0 Å². The number of hydrogen-bond acceptors (Lipinski definition) is 4. The molecule has 19 heavy (non-hydrogen) atoms. The highest BCUT2D eigenvalue weighted by Gasteiger charge is 2.17. The number of rotatable bonds is 5. The van der Waals surface area contributed by atoms with Crippen molar-refractivity contribution in [3.8, 4) is 5.75 Å². The van der Waals surface area contributed by atoms with E-state index in [9.17, 15) is 5.11 Å². The molecule has 0 aliphatic carbocycles. The lowest BCUT2D eigenvalue weighted by Gasteiger charge is -2.23. The number of ether oxygens (including phenoxy) is 2. The minimum absolute atomic E-state index is 0.155. The fraction of sp³-hybridized carbons (Fsp3) is 0.600. The topological polar surface area (TPSA) is 41.9 Å². The average molecular weight is 265 g/mol. The van der Waals surface area contributed by atoms with Crippen molar-refractivity contribution in [1.82, 2.24) is 4.90 Å². The Morgan fingerprint density at radius 1 is 1.37 bits per heavy atom. The van der Waals surface area contributed by atoms with Gasteiger partial charge in [-0.15, -0.1) is 0 Å². The molecule has 1 atom stereocenters. The molecule has 0 amide bonds. The van der Waals surface area contributed by atoms with Crippen molar-refractivity contribution in [3.05, 3.63) is 29.8 Å². The standard InChI is InChI=1S/C15H23NO3/c1-12(2)19-11-14(17)10-16-7-8-18-15-6-4-3-5-13(15)9-16/h3-6,12,14,17H,7-11H2,1-2H3.